The fraction of sp³-hybridized carbons (Fsp3) is 0.286. The number of aliphatic hydroxyl groups excluding tert-OH is 1. The predicted octanol–water partition coefficient (Wildman–Crippen LogP) is -0.0625. The molecule has 0 aliphatic carbocycles. The molecule has 10 heavy (non-hydrogen) atoms. The van der Waals surface area contributed by atoms with E-state index < -0.39 is 0 Å². The number of imidazole rings is 1. The summed E-state index contributed by atoms with van der Waals surface area (Å²) in [5.41, 5.74) is 0. The second kappa shape index (κ2) is 3.17. The van der Waals surface area contributed by atoms with Gasteiger partial charge in [-0.25, -0.2) is 9.55 Å². The molecule has 1 aromatic rings. The molecule has 3 nitrogen and oxygen atoms in total. The first-order valence-electron chi connectivity index (χ1n) is 3.19. The van der Waals surface area contributed by atoms with E-state index in [4.69, 9.17) is 5.11 Å². The first-order valence-corrected chi connectivity index (χ1v) is 3.19. The minimum Gasteiger partial charge on any atom is -0.396 e. The lowest BCUT2D eigenvalue weighted by Gasteiger charge is -1.88. The zero-order valence-electron chi connectivity index (χ0n) is 5.75. The van der Waals surface area contributed by atoms with Crippen LogP contribution in [-0.4, -0.2) is 16.7 Å². The first kappa shape index (κ1) is 7.02. The lowest BCUT2D eigenvalue weighted by atomic mass is 10.4. The minimum atomic E-state index is 0.161. The molecule has 1 aromatic heterocycles. The Balaban J connectivity index is 2.79. The van der Waals surface area contributed by atoms with Crippen LogP contribution in [0.3, 0.4) is 0 Å². The zero-order chi connectivity index (χ0) is 7.40. The maximum atomic E-state index is 8.59. The lowest BCUT2D eigenvalue weighted by Crippen LogP contribution is -2.28. The zero-order valence-corrected chi connectivity index (χ0v) is 5.75. The number of H-pyrrole nitrogens is 1. The van der Waals surface area contributed by atoms with Gasteiger partial charge >= 0.3 is 0 Å². The molecule has 0 unspecified atom stereocenters. The molecule has 3 heteroatoms. The summed E-state index contributed by atoms with van der Waals surface area (Å²) in [6.45, 7) is 3.77. The van der Waals surface area contributed by atoms with Crippen LogP contribution in [0.1, 0.15) is 5.82 Å². The molecule has 0 atom stereocenters. The van der Waals surface area contributed by atoms with Gasteiger partial charge in [0.25, 0.3) is 5.82 Å². The van der Waals surface area contributed by atoms with Gasteiger partial charge in [0, 0.05) is 0 Å². The maximum Gasteiger partial charge on any atom is 0.261 e. The van der Waals surface area contributed by atoms with Crippen LogP contribution in [0.25, 0.3) is 6.20 Å². The molecule has 0 radical (unpaired) electrons. The highest BCUT2D eigenvalue weighted by Gasteiger charge is 2.04. The molecule has 0 amide bonds. The Morgan fingerprint density at radius 2 is 2.60 bits per heavy atom. The minimum absolute atomic E-state index is 0.161. The van der Waals surface area contributed by atoms with Crippen LogP contribution in [0.5, 0.6) is 0 Å². The number of nitrogens with one attached hydrogen (secondary N) is 1. The quantitative estimate of drug-likeness (QED) is 0.566. The van der Waals surface area contributed by atoms with Crippen LogP contribution in [0.4, 0.5) is 0 Å². The van der Waals surface area contributed by atoms with Gasteiger partial charge in [0.05, 0.1) is 19.2 Å². The van der Waals surface area contributed by atoms with Crippen LogP contribution < -0.4 is 4.57 Å². The van der Waals surface area contributed by atoms with Crippen molar-refractivity contribution in [3.63, 3.8) is 0 Å². The topological polar surface area (TPSA) is 39.9 Å². The summed E-state index contributed by atoms with van der Waals surface area (Å²) in [5, 5.41) is 8.59. The molecule has 0 aliphatic heterocycles. The van der Waals surface area contributed by atoms with E-state index in [0.29, 0.717) is 6.42 Å². The van der Waals surface area contributed by atoms with Gasteiger partial charge in [-0.15, -0.1) is 0 Å². The predicted molar refractivity (Wildman–Crippen MR) is 38.2 cm³/mol. The Labute approximate surface area is 59.6 Å². The van der Waals surface area contributed by atoms with Crippen LogP contribution >= 0.6 is 0 Å². The number of hydrogen-bond acceptors (Lipinski definition) is 1. The summed E-state index contributed by atoms with van der Waals surface area (Å²) in [6, 6.07) is 0. The van der Waals surface area contributed by atoms with Crippen molar-refractivity contribution in [1.29, 1.82) is 0 Å². The van der Waals surface area contributed by atoms with Crippen molar-refractivity contribution in [3.05, 3.63) is 24.8 Å². The molecule has 1 heterocycles. The van der Waals surface area contributed by atoms with E-state index in [1.54, 1.807) is 6.20 Å². The first-order chi connectivity index (χ1) is 4.88. The van der Waals surface area contributed by atoms with Crippen molar-refractivity contribution in [2.24, 2.45) is 0 Å². The molecule has 0 fully saturated rings. The van der Waals surface area contributed by atoms with Gasteiger partial charge in [-0.1, -0.05) is 6.58 Å². The summed E-state index contributed by atoms with van der Waals surface area (Å²) in [7, 11) is 0. The van der Waals surface area contributed by atoms with Gasteiger partial charge in [0.1, 0.15) is 12.4 Å². The van der Waals surface area contributed by atoms with Crippen molar-refractivity contribution in [1.82, 2.24) is 4.98 Å². The van der Waals surface area contributed by atoms with Crippen LogP contribution in [-0.2, 0) is 6.42 Å². The standard InChI is InChI=1S/C7H10N2O/c1-2-9-5-4-8-7(9)3-6-10/h2,4-5,10H,1,3,6H2/p+1. The Morgan fingerprint density at radius 1 is 1.80 bits per heavy atom. The largest absolute Gasteiger partial charge is 0.396 e. The number of aromatic nitrogens is 2. The smallest absolute Gasteiger partial charge is 0.261 e. The van der Waals surface area contributed by atoms with Crippen LogP contribution in [0.15, 0.2) is 19.0 Å². The number of rotatable bonds is 3. The molecule has 54 valence electrons. The Hall–Kier alpha value is -1.09. The third-order valence-electron chi connectivity index (χ3n) is 1.34. The molecular weight excluding hydrogens is 128 g/mol. The number of aliphatic hydroxyl groups is 1. The monoisotopic (exact) mass is 139 g/mol. The number of aromatic amines is 1. The Morgan fingerprint density at radius 3 is 3.20 bits per heavy atom. The molecule has 2 N–H and O–H groups in total. The van der Waals surface area contributed by atoms with Crippen molar-refractivity contribution in [3.8, 4) is 0 Å². The van der Waals surface area contributed by atoms with Crippen LogP contribution in [0, 0.1) is 0 Å². The second-order valence-corrected chi connectivity index (χ2v) is 1.97. The summed E-state index contributed by atoms with van der Waals surface area (Å²) in [6.07, 6.45) is 6.01. The van der Waals surface area contributed by atoms with Gasteiger partial charge in [-0.3, -0.25) is 0 Å². The average Bonchev–Trinajstić information content (AvgIpc) is 2.36. The van der Waals surface area contributed by atoms with Crippen molar-refractivity contribution < 1.29 is 9.67 Å². The fourth-order valence-corrected chi connectivity index (χ4v) is 0.856. The van der Waals surface area contributed by atoms with E-state index in [2.05, 4.69) is 11.6 Å². The summed E-state index contributed by atoms with van der Waals surface area (Å²) < 4.78 is 1.84. The Kier molecular flexibility index (Phi) is 2.23. The van der Waals surface area contributed by atoms with E-state index in [9.17, 15) is 0 Å². The third-order valence-corrected chi connectivity index (χ3v) is 1.34. The van der Waals surface area contributed by atoms with Crippen molar-refractivity contribution >= 4 is 6.20 Å². The number of hydrogen-bond donors (Lipinski definition) is 2. The van der Waals surface area contributed by atoms with E-state index in [1.807, 2.05) is 17.0 Å². The van der Waals surface area contributed by atoms with Gasteiger partial charge in [-0.2, -0.15) is 0 Å². The number of nitrogens with zero attached hydrogens (tertiary/aromatic N) is 1. The van der Waals surface area contributed by atoms with Gasteiger partial charge in [-0.05, 0) is 0 Å². The highest BCUT2D eigenvalue weighted by atomic mass is 16.3. The van der Waals surface area contributed by atoms with Crippen LogP contribution in [0.2, 0.25) is 0 Å². The second-order valence-electron chi connectivity index (χ2n) is 1.97. The molecular formula is C7H11N2O+. The summed E-state index contributed by atoms with van der Waals surface area (Å²) >= 11 is 0. The van der Waals surface area contributed by atoms with E-state index >= 15 is 0 Å². The third kappa shape index (κ3) is 1.25. The highest BCUT2D eigenvalue weighted by Crippen LogP contribution is 1.86. The van der Waals surface area contributed by atoms with Gasteiger partial charge in [0.15, 0.2) is 0 Å². The van der Waals surface area contributed by atoms with E-state index in [0.717, 1.165) is 5.82 Å². The molecule has 0 saturated heterocycles. The average molecular weight is 139 g/mol. The maximum absolute atomic E-state index is 8.59. The molecule has 1 rings (SSSR count). The van der Waals surface area contributed by atoms with E-state index in [-0.39, 0.29) is 6.61 Å². The van der Waals surface area contributed by atoms with Crippen molar-refractivity contribution in [2.45, 2.75) is 6.42 Å². The van der Waals surface area contributed by atoms with E-state index in [1.165, 1.54) is 0 Å². The lowest BCUT2D eigenvalue weighted by molar-refractivity contribution is -0.575. The Bertz CT molecular complexity index is 217. The molecule has 0 spiro atoms. The molecule has 0 bridgehead atoms. The summed E-state index contributed by atoms with van der Waals surface area (Å²) in [4.78, 5) is 2.99. The van der Waals surface area contributed by atoms with Gasteiger partial charge < -0.3 is 5.11 Å². The normalized spacial score (nSPS) is 9.70. The highest BCUT2D eigenvalue weighted by molar-refractivity contribution is 4.97. The molecule has 0 aromatic carbocycles. The van der Waals surface area contributed by atoms with Crippen molar-refractivity contribution in [2.75, 3.05) is 6.61 Å². The SMILES string of the molecule is C=C[n+]1cc[nH]c1CCO. The fourth-order valence-electron chi connectivity index (χ4n) is 0.856. The summed E-state index contributed by atoms with van der Waals surface area (Å²) in [5.74, 6) is 0.970. The molecule has 0 saturated carbocycles. The van der Waals surface area contributed by atoms with Gasteiger partial charge in [0.2, 0.25) is 0 Å². The molecule has 0 aliphatic rings.